The molecule has 0 spiro atoms. The molecule has 35 heavy (non-hydrogen) atoms. The summed E-state index contributed by atoms with van der Waals surface area (Å²) in [5.41, 5.74) is 2.50. The standard InChI is InChI=1S/C26H31N3O5S/c1-31-21-14-19(15-22(32-2)23(21)33-3)24-27-28-26(29(24)20-8-6-5-7-9-20)35-16-17-10-12-18(13-11-17)25(30)34-4/h10-15,20H,5-9,16H2,1-4H3. The van der Waals surface area contributed by atoms with Crippen LogP contribution in [0.15, 0.2) is 41.6 Å². The maximum absolute atomic E-state index is 11.7. The average molecular weight is 498 g/mol. The van der Waals surface area contributed by atoms with Gasteiger partial charge in [0.15, 0.2) is 22.5 Å². The van der Waals surface area contributed by atoms with Gasteiger partial charge in [0, 0.05) is 17.4 Å². The van der Waals surface area contributed by atoms with Gasteiger partial charge in [-0.15, -0.1) is 10.2 Å². The van der Waals surface area contributed by atoms with E-state index < -0.39 is 0 Å². The maximum atomic E-state index is 11.7. The lowest BCUT2D eigenvalue weighted by Crippen LogP contribution is -2.15. The summed E-state index contributed by atoms with van der Waals surface area (Å²) in [6.45, 7) is 0. The molecule has 1 fully saturated rings. The van der Waals surface area contributed by atoms with Crippen LogP contribution in [0, 0.1) is 0 Å². The number of methoxy groups -OCH3 is 4. The Kier molecular flexibility index (Phi) is 8.17. The summed E-state index contributed by atoms with van der Waals surface area (Å²) in [6, 6.07) is 11.6. The zero-order valence-electron chi connectivity index (χ0n) is 20.6. The first-order valence-electron chi connectivity index (χ1n) is 11.6. The van der Waals surface area contributed by atoms with Crippen LogP contribution in [0.25, 0.3) is 11.4 Å². The summed E-state index contributed by atoms with van der Waals surface area (Å²) in [7, 11) is 6.20. The molecular formula is C26H31N3O5S. The molecule has 0 bridgehead atoms. The number of thioether (sulfide) groups is 1. The number of carbonyl (C=O) groups is 1. The summed E-state index contributed by atoms with van der Waals surface area (Å²) >= 11 is 1.64. The maximum Gasteiger partial charge on any atom is 0.337 e. The number of aromatic nitrogens is 3. The van der Waals surface area contributed by atoms with Crippen LogP contribution >= 0.6 is 11.8 Å². The molecule has 0 N–H and O–H groups in total. The Labute approximate surface area is 209 Å². The monoisotopic (exact) mass is 497 g/mol. The fourth-order valence-corrected chi connectivity index (χ4v) is 5.42. The molecule has 1 aromatic heterocycles. The molecule has 0 radical (unpaired) electrons. The number of hydrogen-bond acceptors (Lipinski definition) is 8. The average Bonchev–Trinajstić information content (AvgIpc) is 3.35. The summed E-state index contributed by atoms with van der Waals surface area (Å²) in [5, 5.41) is 10.1. The number of ether oxygens (including phenoxy) is 4. The lowest BCUT2D eigenvalue weighted by molar-refractivity contribution is 0.0600. The van der Waals surface area contributed by atoms with Crippen molar-refractivity contribution in [2.24, 2.45) is 0 Å². The predicted molar refractivity (Wildman–Crippen MR) is 135 cm³/mol. The molecule has 8 nitrogen and oxygen atoms in total. The molecule has 1 aliphatic carbocycles. The summed E-state index contributed by atoms with van der Waals surface area (Å²) in [6.07, 6.45) is 5.83. The van der Waals surface area contributed by atoms with Crippen molar-refractivity contribution in [2.75, 3.05) is 28.4 Å². The number of carbonyl (C=O) groups excluding carboxylic acids is 1. The zero-order chi connectivity index (χ0) is 24.8. The second-order valence-corrected chi connectivity index (χ2v) is 9.30. The minimum Gasteiger partial charge on any atom is -0.493 e. The highest BCUT2D eigenvalue weighted by molar-refractivity contribution is 7.98. The SMILES string of the molecule is COC(=O)c1ccc(CSc2nnc(-c3cc(OC)c(OC)c(OC)c3)n2C2CCCCC2)cc1. The van der Waals surface area contributed by atoms with E-state index in [9.17, 15) is 4.79 Å². The van der Waals surface area contributed by atoms with Crippen LogP contribution in [-0.4, -0.2) is 49.2 Å². The fourth-order valence-electron chi connectivity index (χ4n) is 4.45. The van der Waals surface area contributed by atoms with Gasteiger partial charge in [0.2, 0.25) is 5.75 Å². The summed E-state index contributed by atoms with van der Waals surface area (Å²) < 4.78 is 23.7. The van der Waals surface area contributed by atoms with Crippen molar-refractivity contribution in [3.8, 4) is 28.6 Å². The Morgan fingerprint density at radius 3 is 2.17 bits per heavy atom. The first-order valence-corrected chi connectivity index (χ1v) is 12.6. The van der Waals surface area contributed by atoms with Gasteiger partial charge in [-0.3, -0.25) is 4.57 Å². The Balaban J connectivity index is 1.67. The first kappa shape index (κ1) is 24.9. The van der Waals surface area contributed by atoms with Gasteiger partial charge in [0.1, 0.15) is 0 Å². The third-order valence-corrected chi connectivity index (χ3v) is 7.28. The van der Waals surface area contributed by atoms with E-state index in [4.69, 9.17) is 18.9 Å². The predicted octanol–water partition coefficient (Wildman–Crippen LogP) is 5.56. The Morgan fingerprint density at radius 2 is 1.60 bits per heavy atom. The molecule has 4 rings (SSSR count). The van der Waals surface area contributed by atoms with E-state index in [0.29, 0.717) is 34.6 Å². The van der Waals surface area contributed by atoms with Crippen molar-refractivity contribution in [3.05, 3.63) is 47.5 Å². The van der Waals surface area contributed by atoms with Crippen LogP contribution in [0.4, 0.5) is 0 Å². The largest absolute Gasteiger partial charge is 0.493 e. The lowest BCUT2D eigenvalue weighted by Gasteiger charge is -2.26. The number of nitrogens with zero attached hydrogens (tertiary/aromatic N) is 3. The van der Waals surface area contributed by atoms with E-state index in [1.54, 1.807) is 45.2 Å². The number of esters is 1. The number of benzene rings is 2. The highest BCUT2D eigenvalue weighted by atomic mass is 32.2. The van der Waals surface area contributed by atoms with Crippen LogP contribution in [0.5, 0.6) is 17.2 Å². The van der Waals surface area contributed by atoms with Crippen molar-refractivity contribution in [1.82, 2.24) is 14.8 Å². The van der Waals surface area contributed by atoms with E-state index in [-0.39, 0.29) is 5.97 Å². The molecule has 2 aromatic carbocycles. The molecule has 0 saturated heterocycles. The topological polar surface area (TPSA) is 84.7 Å². The highest BCUT2D eigenvalue weighted by Crippen LogP contribution is 2.43. The van der Waals surface area contributed by atoms with Gasteiger partial charge in [-0.2, -0.15) is 0 Å². The molecule has 1 aliphatic rings. The molecule has 3 aromatic rings. The molecule has 0 amide bonds. The van der Waals surface area contributed by atoms with Gasteiger partial charge in [0.05, 0.1) is 34.0 Å². The molecule has 1 saturated carbocycles. The third-order valence-electron chi connectivity index (χ3n) is 6.27. The normalized spacial score (nSPS) is 13.9. The van der Waals surface area contributed by atoms with Crippen molar-refractivity contribution in [2.45, 2.75) is 49.1 Å². The molecule has 9 heteroatoms. The molecule has 0 atom stereocenters. The first-order chi connectivity index (χ1) is 17.1. The molecule has 0 unspecified atom stereocenters. The Hall–Kier alpha value is -3.20. The summed E-state index contributed by atoms with van der Waals surface area (Å²) in [5.74, 6) is 2.88. The minimum atomic E-state index is -0.337. The number of hydrogen-bond donors (Lipinski definition) is 0. The van der Waals surface area contributed by atoms with Gasteiger partial charge in [-0.25, -0.2) is 4.79 Å². The van der Waals surface area contributed by atoms with Gasteiger partial charge < -0.3 is 18.9 Å². The van der Waals surface area contributed by atoms with Crippen LogP contribution < -0.4 is 14.2 Å². The van der Waals surface area contributed by atoms with Crippen molar-refractivity contribution in [1.29, 1.82) is 0 Å². The van der Waals surface area contributed by atoms with Gasteiger partial charge in [0.25, 0.3) is 0 Å². The number of rotatable bonds is 9. The van der Waals surface area contributed by atoms with E-state index >= 15 is 0 Å². The van der Waals surface area contributed by atoms with E-state index in [0.717, 1.165) is 34.9 Å². The van der Waals surface area contributed by atoms with Crippen LogP contribution in [-0.2, 0) is 10.5 Å². The fraction of sp³-hybridized carbons (Fsp3) is 0.423. The Morgan fingerprint density at radius 1 is 0.943 bits per heavy atom. The lowest BCUT2D eigenvalue weighted by atomic mass is 9.95. The van der Waals surface area contributed by atoms with Crippen LogP contribution in [0.2, 0.25) is 0 Å². The summed E-state index contributed by atoms with van der Waals surface area (Å²) in [4.78, 5) is 11.7. The van der Waals surface area contributed by atoms with Crippen molar-refractivity contribution < 1.29 is 23.7 Å². The second-order valence-electron chi connectivity index (χ2n) is 8.36. The zero-order valence-corrected chi connectivity index (χ0v) is 21.4. The van der Waals surface area contributed by atoms with Crippen molar-refractivity contribution >= 4 is 17.7 Å². The smallest absolute Gasteiger partial charge is 0.337 e. The van der Waals surface area contributed by atoms with Crippen molar-refractivity contribution in [3.63, 3.8) is 0 Å². The quantitative estimate of drug-likeness (QED) is 0.281. The molecule has 1 heterocycles. The Bertz CT molecular complexity index is 1130. The minimum absolute atomic E-state index is 0.331. The van der Waals surface area contributed by atoms with Crippen LogP contribution in [0.1, 0.15) is 54.1 Å². The van der Waals surface area contributed by atoms with E-state index in [1.165, 1.54) is 26.4 Å². The van der Waals surface area contributed by atoms with Crippen LogP contribution in [0.3, 0.4) is 0 Å². The van der Waals surface area contributed by atoms with Gasteiger partial charge in [-0.1, -0.05) is 43.2 Å². The molecule has 186 valence electrons. The second kappa shape index (κ2) is 11.5. The molecular weight excluding hydrogens is 466 g/mol. The van der Waals surface area contributed by atoms with E-state index in [2.05, 4.69) is 14.8 Å². The third kappa shape index (κ3) is 5.40. The molecule has 0 aliphatic heterocycles. The van der Waals surface area contributed by atoms with E-state index in [1.807, 2.05) is 24.3 Å². The highest BCUT2D eigenvalue weighted by Gasteiger charge is 2.25. The van der Waals surface area contributed by atoms with Gasteiger partial charge in [-0.05, 0) is 42.7 Å². The van der Waals surface area contributed by atoms with Gasteiger partial charge >= 0.3 is 5.97 Å².